The lowest BCUT2D eigenvalue weighted by Gasteiger charge is -2.40. The van der Waals surface area contributed by atoms with E-state index in [0.717, 1.165) is 54.4 Å². The molecule has 3 N–H and O–H groups in total. The lowest BCUT2D eigenvalue weighted by molar-refractivity contribution is 0.0965. The van der Waals surface area contributed by atoms with E-state index in [4.69, 9.17) is 10.2 Å². The van der Waals surface area contributed by atoms with E-state index in [2.05, 4.69) is 31.1 Å². The van der Waals surface area contributed by atoms with Crippen molar-refractivity contribution in [2.45, 2.75) is 50.6 Å². The summed E-state index contributed by atoms with van der Waals surface area (Å²) in [6.07, 6.45) is 8.39. The van der Waals surface area contributed by atoms with Crippen molar-refractivity contribution in [1.82, 2.24) is 9.88 Å². The van der Waals surface area contributed by atoms with Gasteiger partial charge < -0.3 is 20.4 Å². The summed E-state index contributed by atoms with van der Waals surface area (Å²) in [5, 5.41) is 4.53. The zero-order valence-electron chi connectivity index (χ0n) is 14.9. The van der Waals surface area contributed by atoms with Crippen LogP contribution in [-0.2, 0) is 0 Å². The average Bonchev–Trinajstić information content (AvgIpc) is 3.06. The summed E-state index contributed by atoms with van der Waals surface area (Å²) in [5.74, 6) is 1.54. The Hall–Kier alpha value is -1.34. The highest BCUT2D eigenvalue weighted by Gasteiger charge is 2.29. The third-order valence-electron chi connectivity index (χ3n) is 5.96. The predicted octanol–water partition coefficient (Wildman–Crippen LogP) is 4.58. The number of aromatic nitrogens is 1. The zero-order chi connectivity index (χ0) is 18.1. The van der Waals surface area contributed by atoms with Crippen molar-refractivity contribution in [1.29, 1.82) is 0 Å². The Morgan fingerprint density at radius 3 is 2.65 bits per heavy atom. The summed E-state index contributed by atoms with van der Waals surface area (Å²) in [7, 11) is 0. The van der Waals surface area contributed by atoms with E-state index in [1.807, 2.05) is 6.07 Å². The molecular formula is C19H26BrFN4O. The smallest absolute Gasteiger partial charge is 0.191 e. The number of nitrogens with zero attached hydrogens (tertiary/aromatic N) is 2. The molecule has 0 atom stereocenters. The van der Waals surface area contributed by atoms with Crippen LogP contribution in [0.25, 0.3) is 11.0 Å². The summed E-state index contributed by atoms with van der Waals surface area (Å²) in [5.41, 5.74) is 6.43. The molecule has 26 heavy (non-hydrogen) atoms. The quantitative estimate of drug-likeness (QED) is 0.751. The van der Waals surface area contributed by atoms with Gasteiger partial charge in [0.2, 0.25) is 0 Å². The second-order valence-corrected chi connectivity index (χ2v) is 8.42. The van der Waals surface area contributed by atoms with Crippen molar-refractivity contribution in [3.63, 3.8) is 0 Å². The predicted molar refractivity (Wildman–Crippen MR) is 106 cm³/mol. The molecule has 2 aromatic heterocycles. The number of nitrogen functional groups attached to an aromatic ring is 1. The minimum atomic E-state index is -0.154. The molecule has 1 aliphatic heterocycles. The number of rotatable bonds is 4. The fraction of sp³-hybridized carbons (Fsp3) is 0.632. The van der Waals surface area contributed by atoms with E-state index < -0.39 is 0 Å². The molecule has 142 valence electrons. The first kappa shape index (κ1) is 18.0. The number of alkyl halides is 1. The Kier molecular flexibility index (Phi) is 5.36. The van der Waals surface area contributed by atoms with Gasteiger partial charge in [0.15, 0.2) is 11.5 Å². The lowest BCUT2D eigenvalue weighted by atomic mass is 9.88. The van der Waals surface area contributed by atoms with Crippen LogP contribution in [0.15, 0.2) is 21.2 Å². The van der Waals surface area contributed by atoms with Crippen molar-refractivity contribution in [3.05, 3.63) is 16.7 Å². The van der Waals surface area contributed by atoms with E-state index >= 15 is 0 Å². The molecule has 0 aromatic carbocycles. The van der Waals surface area contributed by atoms with Gasteiger partial charge in [-0.2, -0.15) is 0 Å². The van der Waals surface area contributed by atoms with Gasteiger partial charge in [0, 0.05) is 23.5 Å². The summed E-state index contributed by atoms with van der Waals surface area (Å²) < 4.78 is 19.1. The van der Waals surface area contributed by atoms with Crippen molar-refractivity contribution >= 4 is 38.6 Å². The third-order valence-corrected chi connectivity index (χ3v) is 6.76. The normalized spacial score (nSPS) is 25.6. The first-order valence-corrected chi connectivity index (χ1v) is 10.3. The Morgan fingerprint density at radius 1 is 1.23 bits per heavy atom. The molecule has 2 aliphatic rings. The number of nitrogens with two attached hydrogens (primary N) is 1. The largest absolute Gasteiger partial charge is 0.439 e. The monoisotopic (exact) mass is 424 g/mol. The number of furan rings is 1. The van der Waals surface area contributed by atoms with Gasteiger partial charge >= 0.3 is 0 Å². The second kappa shape index (κ2) is 7.72. The maximum absolute atomic E-state index is 12.8. The van der Waals surface area contributed by atoms with Crippen LogP contribution < -0.4 is 11.1 Å². The van der Waals surface area contributed by atoms with Crippen LogP contribution in [0.3, 0.4) is 0 Å². The summed E-state index contributed by atoms with van der Waals surface area (Å²) in [6.45, 7) is 1.96. The number of halogens is 2. The van der Waals surface area contributed by atoms with Crippen molar-refractivity contribution < 1.29 is 8.81 Å². The van der Waals surface area contributed by atoms with Crippen LogP contribution >= 0.6 is 15.9 Å². The Balaban J connectivity index is 1.33. The van der Waals surface area contributed by atoms with E-state index in [1.165, 1.54) is 12.8 Å². The Labute approximate surface area is 161 Å². The average molecular weight is 425 g/mol. The van der Waals surface area contributed by atoms with Crippen LogP contribution in [0.2, 0.25) is 0 Å². The van der Waals surface area contributed by atoms with Gasteiger partial charge in [-0.3, -0.25) is 4.39 Å². The number of pyridine rings is 1. The van der Waals surface area contributed by atoms with Crippen LogP contribution in [-0.4, -0.2) is 41.7 Å². The minimum absolute atomic E-state index is 0.154. The number of hydrogen-bond donors (Lipinski definition) is 2. The number of nitrogens with one attached hydrogen (secondary N) is 1. The lowest BCUT2D eigenvalue weighted by Crippen LogP contribution is -2.44. The van der Waals surface area contributed by atoms with Gasteiger partial charge in [-0.25, -0.2) is 4.98 Å². The van der Waals surface area contributed by atoms with E-state index in [0.29, 0.717) is 29.5 Å². The Morgan fingerprint density at radius 2 is 1.96 bits per heavy atom. The first-order valence-electron chi connectivity index (χ1n) is 9.54. The molecule has 0 radical (unpaired) electrons. The maximum Gasteiger partial charge on any atom is 0.191 e. The molecule has 2 fully saturated rings. The van der Waals surface area contributed by atoms with Crippen LogP contribution in [0, 0.1) is 5.92 Å². The number of fused-ring (bicyclic) bond motifs is 1. The molecule has 5 nitrogen and oxygen atoms in total. The summed E-state index contributed by atoms with van der Waals surface area (Å²) >= 11 is 3.63. The Bertz CT molecular complexity index is 751. The molecule has 0 spiro atoms. The molecule has 7 heteroatoms. The third kappa shape index (κ3) is 3.69. The highest BCUT2D eigenvalue weighted by atomic mass is 79.9. The van der Waals surface area contributed by atoms with Gasteiger partial charge in [-0.15, -0.1) is 0 Å². The molecule has 1 saturated carbocycles. The highest BCUT2D eigenvalue weighted by molar-refractivity contribution is 9.10. The minimum Gasteiger partial charge on any atom is -0.439 e. The topological polar surface area (TPSA) is 67.3 Å². The fourth-order valence-corrected chi connectivity index (χ4v) is 4.88. The molecule has 1 aliphatic carbocycles. The molecule has 1 saturated heterocycles. The van der Waals surface area contributed by atoms with E-state index in [1.54, 1.807) is 6.20 Å². The molecule has 0 bridgehead atoms. The van der Waals surface area contributed by atoms with Gasteiger partial charge in [0.25, 0.3) is 0 Å². The standard InChI is InChI=1S/C19H26BrFN4O/c20-18-15-9-17(22)26-16(15)11-23-19(18)24-13-1-3-14(4-2-13)25-7-5-12(10-21)6-8-25/h9,11-14H,1-8,10,22H2,(H,23,24). The molecule has 3 heterocycles. The SMILES string of the molecule is Nc1cc2c(Br)c(NC3CCC(N4CCC(CF)CC4)CC3)ncc2o1. The number of likely N-dealkylation sites (tertiary alicyclic amines) is 1. The summed E-state index contributed by atoms with van der Waals surface area (Å²) in [6, 6.07) is 2.91. The molecule has 4 rings (SSSR count). The van der Waals surface area contributed by atoms with Crippen LogP contribution in [0.4, 0.5) is 16.1 Å². The molecular weight excluding hydrogens is 399 g/mol. The fourth-order valence-electron chi connectivity index (χ4n) is 4.35. The zero-order valence-corrected chi connectivity index (χ0v) is 16.5. The van der Waals surface area contributed by atoms with Crippen molar-refractivity contribution in [2.75, 3.05) is 30.8 Å². The van der Waals surface area contributed by atoms with Crippen LogP contribution in [0.5, 0.6) is 0 Å². The highest BCUT2D eigenvalue weighted by Crippen LogP contribution is 2.34. The second-order valence-electron chi connectivity index (χ2n) is 7.63. The van der Waals surface area contributed by atoms with Crippen LogP contribution in [0.1, 0.15) is 38.5 Å². The molecule has 0 amide bonds. The van der Waals surface area contributed by atoms with Crippen molar-refractivity contribution in [3.8, 4) is 0 Å². The van der Waals surface area contributed by atoms with E-state index in [9.17, 15) is 4.39 Å². The van der Waals surface area contributed by atoms with Gasteiger partial charge in [-0.05, 0) is 73.5 Å². The van der Waals surface area contributed by atoms with Gasteiger partial charge in [0.1, 0.15) is 5.82 Å². The first-order chi connectivity index (χ1) is 12.6. The molecule has 0 unspecified atom stereocenters. The number of hydrogen-bond acceptors (Lipinski definition) is 5. The number of piperidine rings is 1. The molecule has 2 aromatic rings. The summed E-state index contributed by atoms with van der Waals surface area (Å²) in [4.78, 5) is 7.07. The van der Waals surface area contributed by atoms with Gasteiger partial charge in [-0.1, -0.05) is 0 Å². The van der Waals surface area contributed by atoms with Crippen molar-refractivity contribution in [2.24, 2.45) is 5.92 Å². The maximum atomic E-state index is 12.8. The van der Waals surface area contributed by atoms with E-state index in [-0.39, 0.29) is 6.67 Å². The number of anilines is 2. The van der Waals surface area contributed by atoms with Gasteiger partial charge in [0.05, 0.1) is 17.3 Å².